The van der Waals surface area contributed by atoms with Crippen molar-refractivity contribution in [2.45, 2.75) is 25.8 Å². The van der Waals surface area contributed by atoms with Crippen LogP contribution >= 0.6 is 0 Å². The molecule has 0 aromatic heterocycles. The summed E-state index contributed by atoms with van der Waals surface area (Å²) in [6.45, 7) is 2.96. The molecule has 19 heavy (non-hydrogen) atoms. The van der Waals surface area contributed by atoms with Gasteiger partial charge in [-0.25, -0.2) is 0 Å². The fourth-order valence-electron chi connectivity index (χ4n) is 2.37. The van der Waals surface area contributed by atoms with E-state index in [-0.39, 0.29) is 17.6 Å². The number of nitrogens with two attached hydrogens (primary N) is 1. The van der Waals surface area contributed by atoms with Crippen LogP contribution in [0.5, 0.6) is 0 Å². The molecule has 0 bridgehead atoms. The number of non-ortho nitro benzene ring substituents is 1. The molecule has 0 aliphatic carbocycles. The van der Waals surface area contributed by atoms with E-state index in [2.05, 4.69) is 0 Å². The first-order chi connectivity index (χ1) is 8.99. The lowest BCUT2D eigenvalue weighted by Gasteiger charge is -2.31. The summed E-state index contributed by atoms with van der Waals surface area (Å²) < 4.78 is 0. The van der Waals surface area contributed by atoms with E-state index in [1.165, 1.54) is 18.2 Å². The second-order valence-corrected chi connectivity index (χ2v) is 4.91. The van der Waals surface area contributed by atoms with Gasteiger partial charge in [0.15, 0.2) is 0 Å². The molecule has 1 saturated heterocycles. The van der Waals surface area contributed by atoms with E-state index in [1.54, 1.807) is 11.8 Å². The highest BCUT2D eigenvalue weighted by atomic mass is 16.6. The van der Waals surface area contributed by atoms with Gasteiger partial charge in [0.05, 0.1) is 4.92 Å². The van der Waals surface area contributed by atoms with E-state index < -0.39 is 4.92 Å². The summed E-state index contributed by atoms with van der Waals surface area (Å²) in [5.41, 5.74) is 7.00. The normalized spacial score (nSPS) is 19.3. The van der Waals surface area contributed by atoms with Crippen molar-refractivity contribution in [3.63, 3.8) is 0 Å². The van der Waals surface area contributed by atoms with Crippen molar-refractivity contribution < 1.29 is 9.72 Å². The van der Waals surface area contributed by atoms with Gasteiger partial charge < -0.3 is 10.6 Å². The van der Waals surface area contributed by atoms with Crippen molar-refractivity contribution in [3.8, 4) is 0 Å². The van der Waals surface area contributed by atoms with Crippen LogP contribution < -0.4 is 5.73 Å². The zero-order valence-electron chi connectivity index (χ0n) is 10.8. The number of carbonyl (C=O) groups is 1. The van der Waals surface area contributed by atoms with Crippen LogP contribution in [-0.4, -0.2) is 34.9 Å². The average Bonchev–Trinajstić information content (AvgIpc) is 2.37. The SMILES string of the molecule is Cc1cc([N+](=O)[O-])ccc1C(=O)N1CCCC(N)C1. The minimum atomic E-state index is -0.460. The molecule has 1 unspecified atom stereocenters. The van der Waals surface area contributed by atoms with Gasteiger partial charge in [0.25, 0.3) is 11.6 Å². The molecule has 6 heteroatoms. The van der Waals surface area contributed by atoms with Crippen LogP contribution in [0.15, 0.2) is 18.2 Å². The van der Waals surface area contributed by atoms with Gasteiger partial charge >= 0.3 is 0 Å². The van der Waals surface area contributed by atoms with Crippen LogP contribution in [0.4, 0.5) is 5.69 Å². The van der Waals surface area contributed by atoms with Crippen molar-refractivity contribution in [2.24, 2.45) is 5.73 Å². The topological polar surface area (TPSA) is 89.5 Å². The Morgan fingerprint density at radius 2 is 2.26 bits per heavy atom. The van der Waals surface area contributed by atoms with Crippen molar-refractivity contribution in [3.05, 3.63) is 39.4 Å². The number of rotatable bonds is 2. The van der Waals surface area contributed by atoms with Crippen LogP contribution in [0.2, 0.25) is 0 Å². The van der Waals surface area contributed by atoms with Crippen LogP contribution in [0.25, 0.3) is 0 Å². The quantitative estimate of drug-likeness (QED) is 0.646. The van der Waals surface area contributed by atoms with Crippen LogP contribution in [0.1, 0.15) is 28.8 Å². The minimum Gasteiger partial charge on any atom is -0.337 e. The number of piperidine rings is 1. The summed E-state index contributed by atoms with van der Waals surface area (Å²) in [4.78, 5) is 24.3. The molecule has 0 saturated carbocycles. The summed E-state index contributed by atoms with van der Waals surface area (Å²) in [6.07, 6.45) is 1.84. The third-order valence-electron chi connectivity index (χ3n) is 3.40. The maximum absolute atomic E-state index is 12.3. The largest absolute Gasteiger partial charge is 0.337 e. The number of benzene rings is 1. The van der Waals surface area contributed by atoms with Crippen LogP contribution in [0.3, 0.4) is 0 Å². The second-order valence-electron chi connectivity index (χ2n) is 4.91. The molecule has 2 N–H and O–H groups in total. The van der Waals surface area contributed by atoms with E-state index in [1.807, 2.05) is 0 Å². The zero-order valence-corrected chi connectivity index (χ0v) is 10.8. The van der Waals surface area contributed by atoms with Gasteiger partial charge in [-0.3, -0.25) is 14.9 Å². The van der Waals surface area contributed by atoms with Gasteiger partial charge in [-0.15, -0.1) is 0 Å². The van der Waals surface area contributed by atoms with Gasteiger partial charge in [0.2, 0.25) is 0 Å². The molecule has 1 atom stereocenters. The summed E-state index contributed by atoms with van der Waals surface area (Å²) in [7, 11) is 0. The third-order valence-corrected chi connectivity index (χ3v) is 3.40. The number of nitro groups is 1. The van der Waals surface area contributed by atoms with Gasteiger partial charge in [0.1, 0.15) is 0 Å². The van der Waals surface area contributed by atoms with Gasteiger partial charge in [-0.05, 0) is 31.4 Å². The molecule has 1 aromatic carbocycles. The van der Waals surface area contributed by atoms with E-state index in [0.29, 0.717) is 24.2 Å². The number of aryl methyl sites for hydroxylation is 1. The highest BCUT2D eigenvalue weighted by molar-refractivity contribution is 5.96. The number of likely N-dealkylation sites (tertiary alicyclic amines) is 1. The monoisotopic (exact) mass is 263 g/mol. The molecule has 0 spiro atoms. The van der Waals surface area contributed by atoms with Crippen LogP contribution in [-0.2, 0) is 0 Å². The average molecular weight is 263 g/mol. The molecule has 2 rings (SSSR count). The fraction of sp³-hybridized carbons (Fsp3) is 0.462. The maximum Gasteiger partial charge on any atom is 0.269 e. The third kappa shape index (κ3) is 2.90. The maximum atomic E-state index is 12.3. The molecular weight excluding hydrogens is 246 g/mol. The fourth-order valence-corrected chi connectivity index (χ4v) is 2.37. The number of hydrogen-bond acceptors (Lipinski definition) is 4. The Hall–Kier alpha value is -1.95. The second kappa shape index (κ2) is 5.36. The first kappa shape index (κ1) is 13.5. The van der Waals surface area contributed by atoms with Gasteiger partial charge in [0, 0.05) is 36.8 Å². The Balaban J connectivity index is 2.21. The first-order valence-corrected chi connectivity index (χ1v) is 6.29. The molecule has 1 aliphatic rings. The highest BCUT2D eigenvalue weighted by Crippen LogP contribution is 2.20. The van der Waals surface area contributed by atoms with Crippen molar-refractivity contribution in [2.75, 3.05) is 13.1 Å². The summed E-state index contributed by atoms with van der Waals surface area (Å²) in [6, 6.07) is 4.34. The number of nitrogens with zero attached hydrogens (tertiary/aromatic N) is 2. The number of hydrogen-bond donors (Lipinski definition) is 1. The first-order valence-electron chi connectivity index (χ1n) is 6.29. The summed E-state index contributed by atoms with van der Waals surface area (Å²) in [5, 5.41) is 10.7. The zero-order chi connectivity index (χ0) is 14.0. The van der Waals surface area contributed by atoms with E-state index in [0.717, 1.165) is 12.8 Å². The molecule has 1 aliphatic heterocycles. The van der Waals surface area contributed by atoms with Crippen molar-refractivity contribution in [1.29, 1.82) is 0 Å². The molecule has 1 amide bonds. The Kier molecular flexibility index (Phi) is 3.80. The van der Waals surface area contributed by atoms with E-state index in [4.69, 9.17) is 5.73 Å². The lowest BCUT2D eigenvalue weighted by molar-refractivity contribution is -0.384. The van der Waals surface area contributed by atoms with E-state index >= 15 is 0 Å². The number of amides is 1. The molecule has 6 nitrogen and oxygen atoms in total. The Labute approximate surface area is 111 Å². The number of carbonyl (C=O) groups excluding carboxylic acids is 1. The molecular formula is C13H17N3O3. The lowest BCUT2D eigenvalue weighted by atomic mass is 10.0. The molecule has 1 fully saturated rings. The molecule has 0 radical (unpaired) electrons. The predicted octanol–water partition coefficient (Wildman–Crippen LogP) is 1.47. The Bertz CT molecular complexity index is 516. The number of nitro benzene ring substituents is 1. The van der Waals surface area contributed by atoms with E-state index in [9.17, 15) is 14.9 Å². The van der Waals surface area contributed by atoms with Crippen LogP contribution in [0, 0.1) is 17.0 Å². The van der Waals surface area contributed by atoms with Gasteiger partial charge in [-0.2, -0.15) is 0 Å². The Morgan fingerprint density at radius 3 is 2.84 bits per heavy atom. The molecule has 1 aromatic rings. The summed E-state index contributed by atoms with van der Waals surface area (Å²) in [5.74, 6) is -0.0949. The predicted molar refractivity (Wildman–Crippen MR) is 70.9 cm³/mol. The Morgan fingerprint density at radius 1 is 1.53 bits per heavy atom. The standard InChI is InChI=1S/C13H17N3O3/c1-9-7-11(16(18)19)4-5-12(9)13(17)15-6-2-3-10(14)8-15/h4-5,7,10H,2-3,6,8,14H2,1H3. The smallest absolute Gasteiger partial charge is 0.269 e. The lowest BCUT2D eigenvalue weighted by Crippen LogP contribution is -2.45. The summed E-state index contributed by atoms with van der Waals surface area (Å²) >= 11 is 0. The van der Waals surface area contributed by atoms with Crippen molar-refractivity contribution in [1.82, 2.24) is 4.90 Å². The molecule has 1 heterocycles. The van der Waals surface area contributed by atoms with Crippen molar-refractivity contribution >= 4 is 11.6 Å². The molecule has 102 valence electrons. The van der Waals surface area contributed by atoms with Gasteiger partial charge in [-0.1, -0.05) is 0 Å². The minimum absolute atomic E-state index is 0.00407. The highest BCUT2D eigenvalue weighted by Gasteiger charge is 2.24.